The zero-order chi connectivity index (χ0) is 16.8. The van der Waals surface area contributed by atoms with Crippen LogP contribution in [-0.2, 0) is 4.79 Å². The molecule has 4 rings (SSSR count). The molecule has 2 aliphatic carbocycles. The van der Waals surface area contributed by atoms with E-state index in [4.69, 9.17) is 0 Å². The number of carbonyl (C=O) groups excluding carboxylic acids is 1. The average molecular weight is 346 g/mol. The standard InChI is InChI=1S/C18H22N2O3S/c1-10(11-6-7-11)20(12-8-9-12)18(23)16(22)15(21)17-19-13-4-2-3-5-14(13)24-17/h2-5,10-12,15-16,21-22H,6-9H2,1H3. The molecule has 1 heterocycles. The summed E-state index contributed by atoms with van der Waals surface area (Å²) in [5, 5.41) is 21.4. The number of thiazole rings is 1. The minimum atomic E-state index is -1.45. The lowest BCUT2D eigenvalue weighted by Crippen LogP contribution is -2.48. The predicted molar refractivity (Wildman–Crippen MR) is 92.6 cm³/mol. The minimum absolute atomic E-state index is 0.141. The number of benzene rings is 1. The van der Waals surface area contributed by atoms with Crippen molar-refractivity contribution in [2.75, 3.05) is 0 Å². The first kappa shape index (κ1) is 16.0. The third-order valence-electron chi connectivity index (χ3n) is 5.05. The summed E-state index contributed by atoms with van der Waals surface area (Å²) in [6.45, 7) is 2.06. The summed E-state index contributed by atoms with van der Waals surface area (Å²) in [4.78, 5) is 19.0. The van der Waals surface area contributed by atoms with Crippen LogP contribution in [0, 0.1) is 5.92 Å². The molecule has 24 heavy (non-hydrogen) atoms. The number of carbonyl (C=O) groups is 1. The molecule has 0 saturated heterocycles. The number of hydrogen-bond acceptors (Lipinski definition) is 5. The van der Waals surface area contributed by atoms with Crippen molar-refractivity contribution in [3.8, 4) is 0 Å². The Balaban J connectivity index is 1.54. The molecule has 2 N–H and O–H groups in total. The molecule has 1 amide bonds. The van der Waals surface area contributed by atoms with Gasteiger partial charge in [0.05, 0.1) is 10.2 Å². The number of para-hydroxylation sites is 1. The summed E-state index contributed by atoms with van der Waals surface area (Å²) in [6.07, 6.45) is 1.55. The fourth-order valence-electron chi connectivity index (χ4n) is 3.31. The van der Waals surface area contributed by atoms with Crippen LogP contribution in [0.15, 0.2) is 24.3 Å². The monoisotopic (exact) mass is 346 g/mol. The van der Waals surface area contributed by atoms with Crippen molar-refractivity contribution < 1.29 is 15.0 Å². The maximum atomic E-state index is 12.8. The molecular formula is C18H22N2O3S. The van der Waals surface area contributed by atoms with Crippen molar-refractivity contribution in [1.29, 1.82) is 0 Å². The van der Waals surface area contributed by atoms with E-state index in [1.165, 1.54) is 11.3 Å². The zero-order valence-corrected chi connectivity index (χ0v) is 14.4. The normalized spacial score (nSPS) is 21.5. The number of aliphatic hydroxyl groups is 2. The second-order valence-electron chi connectivity index (χ2n) is 6.96. The Hall–Kier alpha value is -1.50. The number of fused-ring (bicyclic) bond motifs is 1. The third kappa shape index (κ3) is 2.94. The van der Waals surface area contributed by atoms with Crippen LogP contribution in [-0.4, -0.2) is 44.2 Å². The molecule has 2 fully saturated rings. The Bertz CT molecular complexity index is 721. The molecule has 0 bridgehead atoms. The minimum Gasteiger partial charge on any atom is -0.383 e. The molecule has 1 aromatic heterocycles. The molecule has 6 heteroatoms. The van der Waals surface area contributed by atoms with Crippen LogP contribution in [0.3, 0.4) is 0 Å². The Kier molecular flexibility index (Phi) is 4.06. The van der Waals surface area contributed by atoms with E-state index in [0.717, 1.165) is 35.9 Å². The van der Waals surface area contributed by atoms with Crippen molar-refractivity contribution >= 4 is 27.5 Å². The molecule has 0 radical (unpaired) electrons. The maximum absolute atomic E-state index is 12.8. The molecule has 0 spiro atoms. The van der Waals surface area contributed by atoms with Gasteiger partial charge in [0.1, 0.15) is 11.1 Å². The molecule has 2 aliphatic rings. The molecule has 5 nitrogen and oxygen atoms in total. The van der Waals surface area contributed by atoms with E-state index < -0.39 is 12.2 Å². The molecule has 3 atom stereocenters. The Morgan fingerprint density at radius 1 is 1.25 bits per heavy atom. The van der Waals surface area contributed by atoms with Crippen molar-refractivity contribution in [1.82, 2.24) is 9.88 Å². The van der Waals surface area contributed by atoms with Crippen LogP contribution >= 0.6 is 11.3 Å². The fraction of sp³-hybridized carbons (Fsp3) is 0.556. The van der Waals surface area contributed by atoms with Gasteiger partial charge < -0.3 is 15.1 Å². The summed E-state index contributed by atoms with van der Waals surface area (Å²) in [7, 11) is 0. The second kappa shape index (κ2) is 6.10. The van der Waals surface area contributed by atoms with Crippen LogP contribution in [0.2, 0.25) is 0 Å². The molecule has 1 aromatic carbocycles. The van der Waals surface area contributed by atoms with Gasteiger partial charge in [0.2, 0.25) is 0 Å². The summed E-state index contributed by atoms with van der Waals surface area (Å²) in [5.74, 6) is 0.185. The number of hydrogen-bond donors (Lipinski definition) is 2. The summed E-state index contributed by atoms with van der Waals surface area (Å²) in [5.41, 5.74) is 0.779. The van der Waals surface area contributed by atoms with E-state index in [-0.39, 0.29) is 18.0 Å². The highest BCUT2D eigenvalue weighted by molar-refractivity contribution is 7.18. The Morgan fingerprint density at radius 2 is 1.96 bits per heavy atom. The number of rotatable bonds is 6. The van der Waals surface area contributed by atoms with E-state index in [2.05, 4.69) is 11.9 Å². The lowest BCUT2D eigenvalue weighted by atomic mass is 10.1. The quantitative estimate of drug-likeness (QED) is 0.843. The van der Waals surface area contributed by atoms with Gasteiger partial charge >= 0.3 is 0 Å². The van der Waals surface area contributed by atoms with E-state index in [9.17, 15) is 15.0 Å². The number of amides is 1. The van der Waals surface area contributed by atoms with Crippen LogP contribution in [0.5, 0.6) is 0 Å². The van der Waals surface area contributed by atoms with E-state index in [1.54, 1.807) is 0 Å². The van der Waals surface area contributed by atoms with E-state index in [1.807, 2.05) is 29.2 Å². The Labute approximate surface area is 144 Å². The van der Waals surface area contributed by atoms with Crippen LogP contribution in [0.4, 0.5) is 0 Å². The van der Waals surface area contributed by atoms with Gasteiger partial charge in [-0.15, -0.1) is 11.3 Å². The topological polar surface area (TPSA) is 73.7 Å². The van der Waals surface area contributed by atoms with Gasteiger partial charge in [0, 0.05) is 12.1 Å². The van der Waals surface area contributed by atoms with E-state index >= 15 is 0 Å². The van der Waals surface area contributed by atoms with Gasteiger partial charge in [-0.3, -0.25) is 4.79 Å². The van der Waals surface area contributed by atoms with E-state index in [0.29, 0.717) is 10.9 Å². The van der Waals surface area contributed by atoms with Crippen LogP contribution in [0.25, 0.3) is 10.2 Å². The van der Waals surface area contributed by atoms with Gasteiger partial charge in [0.15, 0.2) is 6.10 Å². The zero-order valence-electron chi connectivity index (χ0n) is 13.6. The highest BCUT2D eigenvalue weighted by Gasteiger charge is 2.44. The second-order valence-corrected chi connectivity index (χ2v) is 8.03. The predicted octanol–water partition coefficient (Wildman–Crippen LogP) is 2.48. The first-order valence-electron chi connectivity index (χ1n) is 8.60. The van der Waals surface area contributed by atoms with Gasteiger partial charge in [-0.2, -0.15) is 0 Å². The Morgan fingerprint density at radius 3 is 2.58 bits per heavy atom. The SMILES string of the molecule is CC(C1CC1)N(C(=O)C(O)C(O)c1nc2ccccc2s1)C1CC1. The first-order valence-corrected chi connectivity index (χ1v) is 9.41. The molecule has 0 aliphatic heterocycles. The number of aromatic nitrogens is 1. The average Bonchev–Trinajstić information content (AvgIpc) is 3.50. The van der Waals surface area contributed by atoms with Gasteiger partial charge in [-0.25, -0.2) is 4.98 Å². The number of nitrogens with zero attached hydrogens (tertiary/aromatic N) is 2. The molecule has 2 saturated carbocycles. The molecule has 2 aromatic rings. The third-order valence-corrected chi connectivity index (χ3v) is 6.16. The maximum Gasteiger partial charge on any atom is 0.255 e. The summed E-state index contributed by atoms with van der Waals surface area (Å²) in [6, 6.07) is 7.94. The van der Waals surface area contributed by atoms with Crippen molar-refractivity contribution in [3.63, 3.8) is 0 Å². The highest BCUT2D eigenvalue weighted by atomic mass is 32.1. The van der Waals surface area contributed by atoms with Crippen LogP contribution < -0.4 is 0 Å². The first-order chi connectivity index (χ1) is 11.6. The lowest BCUT2D eigenvalue weighted by Gasteiger charge is -2.32. The fourth-order valence-corrected chi connectivity index (χ4v) is 4.29. The summed E-state index contributed by atoms with van der Waals surface area (Å²) >= 11 is 1.32. The largest absolute Gasteiger partial charge is 0.383 e. The molecule has 128 valence electrons. The summed E-state index contributed by atoms with van der Waals surface area (Å²) < 4.78 is 0.941. The smallest absolute Gasteiger partial charge is 0.255 e. The van der Waals surface area contributed by atoms with Crippen LogP contribution in [0.1, 0.15) is 43.7 Å². The van der Waals surface area contributed by atoms with Gasteiger partial charge in [-0.05, 0) is 50.7 Å². The van der Waals surface area contributed by atoms with Gasteiger partial charge in [-0.1, -0.05) is 12.1 Å². The lowest BCUT2D eigenvalue weighted by molar-refractivity contribution is -0.149. The number of aliphatic hydroxyl groups excluding tert-OH is 2. The molecular weight excluding hydrogens is 324 g/mol. The van der Waals surface area contributed by atoms with Crippen molar-refractivity contribution in [2.45, 2.75) is 56.9 Å². The van der Waals surface area contributed by atoms with Crippen molar-refractivity contribution in [3.05, 3.63) is 29.3 Å². The molecule has 3 unspecified atom stereocenters. The van der Waals surface area contributed by atoms with Crippen molar-refractivity contribution in [2.24, 2.45) is 5.92 Å². The highest BCUT2D eigenvalue weighted by Crippen LogP contribution is 2.40. The van der Waals surface area contributed by atoms with Gasteiger partial charge in [0.25, 0.3) is 5.91 Å².